The van der Waals surface area contributed by atoms with E-state index in [9.17, 15) is 4.79 Å². The maximum absolute atomic E-state index is 12.3. The third-order valence-corrected chi connectivity index (χ3v) is 4.92. The topological polar surface area (TPSA) is 29.5 Å². The van der Waals surface area contributed by atoms with Crippen LogP contribution in [0.5, 0.6) is 0 Å². The normalized spacial score (nSPS) is 17.8. The Balaban J connectivity index is 1.86. The molecule has 0 aliphatic carbocycles. The Labute approximate surface area is 146 Å². The first-order chi connectivity index (χ1) is 11.8. The summed E-state index contributed by atoms with van der Waals surface area (Å²) in [6.07, 6.45) is 6.91. The molecule has 1 amide bonds. The van der Waals surface area contributed by atoms with Crippen molar-refractivity contribution in [2.24, 2.45) is 0 Å². The van der Waals surface area contributed by atoms with E-state index in [1.54, 1.807) is 16.2 Å². The zero-order valence-corrected chi connectivity index (χ0v) is 14.5. The quantitative estimate of drug-likeness (QED) is 0.778. The van der Waals surface area contributed by atoms with Crippen molar-refractivity contribution in [3.05, 3.63) is 70.4 Å². The average molecular weight is 339 g/mol. The summed E-state index contributed by atoms with van der Waals surface area (Å²) in [6, 6.07) is 14.2. The molecule has 1 atom stereocenters. The van der Waals surface area contributed by atoms with Crippen LogP contribution in [0.3, 0.4) is 0 Å². The Morgan fingerprint density at radius 3 is 2.83 bits per heavy atom. The number of benzene rings is 1. The summed E-state index contributed by atoms with van der Waals surface area (Å²) >= 11 is 1.74. The highest BCUT2D eigenvalue weighted by Gasteiger charge is 2.26. The van der Waals surface area contributed by atoms with Crippen LogP contribution in [-0.2, 0) is 4.74 Å². The van der Waals surface area contributed by atoms with Crippen molar-refractivity contribution in [1.82, 2.24) is 4.90 Å². The van der Waals surface area contributed by atoms with Crippen LogP contribution in [-0.4, -0.2) is 30.2 Å². The summed E-state index contributed by atoms with van der Waals surface area (Å²) in [5.41, 5.74) is 2.42. The minimum atomic E-state index is -0.248. The number of rotatable bonds is 4. The molecule has 124 valence electrons. The van der Waals surface area contributed by atoms with Crippen molar-refractivity contribution in [3.8, 4) is 0 Å². The molecule has 3 nitrogen and oxygen atoms in total. The van der Waals surface area contributed by atoms with Gasteiger partial charge in [-0.25, -0.2) is 4.79 Å². The van der Waals surface area contributed by atoms with Crippen molar-refractivity contribution in [2.45, 2.75) is 19.4 Å². The monoisotopic (exact) mass is 339 g/mol. The highest BCUT2D eigenvalue weighted by atomic mass is 32.1. The van der Waals surface area contributed by atoms with E-state index in [0.717, 1.165) is 12.0 Å². The van der Waals surface area contributed by atoms with Gasteiger partial charge < -0.3 is 4.74 Å². The molecule has 4 heteroatoms. The van der Waals surface area contributed by atoms with Gasteiger partial charge in [-0.3, -0.25) is 4.90 Å². The van der Waals surface area contributed by atoms with Crippen LogP contribution in [0, 0.1) is 0 Å². The number of nitrogens with zero attached hydrogens (tertiary/aromatic N) is 1. The van der Waals surface area contributed by atoms with Crippen molar-refractivity contribution in [2.75, 3.05) is 13.2 Å². The molecular formula is C20H21NO2S. The predicted molar refractivity (Wildman–Crippen MR) is 99.9 cm³/mol. The molecule has 2 aromatic rings. The van der Waals surface area contributed by atoms with Gasteiger partial charge in [-0.05, 0) is 35.9 Å². The lowest BCUT2D eigenvalue weighted by Crippen LogP contribution is -2.41. The molecule has 0 saturated heterocycles. The summed E-state index contributed by atoms with van der Waals surface area (Å²) in [6.45, 7) is 2.90. The SMILES string of the molecule is CCOC(=O)N1CCC(c2cccs2)=C[C@H]1/C=C/c1ccccc1. The van der Waals surface area contributed by atoms with Gasteiger partial charge in [0.25, 0.3) is 0 Å². The molecule has 1 aliphatic rings. The number of carbonyl (C=O) groups is 1. The molecular weight excluding hydrogens is 318 g/mol. The summed E-state index contributed by atoms with van der Waals surface area (Å²) in [4.78, 5) is 15.3. The predicted octanol–water partition coefficient (Wildman–Crippen LogP) is 5.08. The average Bonchev–Trinajstić information content (AvgIpc) is 3.15. The van der Waals surface area contributed by atoms with Gasteiger partial charge in [-0.1, -0.05) is 54.6 Å². The number of amides is 1. The summed E-state index contributed by atoms with van der Waals surface area (Å²) < 4.78 is 5.22. The molecule has 0 radical (unpaired) electrons. The number of thiophene rings is 1. The largest absolute Gasteiger partial charge is 0.450 e. The minimum Gasteiger partial charge on any atom is -0.450 e. The Hall–Kier alpha value is -2.33. The number of ether oxygens (including phenoxy) is 1. The van der Waals surface area contributed by atoms with E-state index < -0.39 is 0 Å². The molecule has 2 heterocycles. The van der Waals surface area contributed by atoms with Crippen molar-refractivity contribution >= 4 is 29.1 Å². The number of hydrogen-bond donors (Lipinski definition) is 0. The second-order valence-corrected chi connectivity index (χ2v) is 6.52. The van der Waals surface area contributed by atoms with Crippen LogP contribution in [0.15, 0.2) is 60.0 Å². The molecule has 0 N–H and O–H groups in total. The molecule has 1 aromatic heterocycles. The molecule has 0 bridgehead atoms. The van der Waals surface area contributed by atoms with E-state index in [4.69, 9.17) is 4.74 Å². The van der Waals surface area contributed by atoms with Gasteiger partial charge in [0.1, 0.15) is 0 Å². The van der Waals surface area contributed by atoms with Crippen molar-refractivity contribution in [3.63, 3.8) is 0 Å². The molecule has 0 spiro atoms. The number of carbonyl (C=O) groups excluding carboxylic acids is 1. The molecule has 0 saturated carbocycles. The van der Waals surface area contributed by atoms with Crippen LogP contribution in [0.25, 0.3) is 11.6 Å². The van der Waals surface area contributed by atoms with Crippen molar-refractivity contribution in [1.29, 1.82) is 0 Å². The molecule has 1 aliphatic heterocycles. The lowest BCUT2D eigenvalue weighted by Gasteiger charge is -2.31. The molecule has 3 rings (SSSR count). The van der Waals surface area contributed by atoms with Crippen molar-refractivity contribution < 1.29 is 9.53 Å². The molecule has 1 aromatic carbocycles. The van der Waals surface area contributed by atoms with Gasteiger partial charge >= 0.3 is 6.09 Å². The van der Waals surface area contributed by atoms with E-state index in [0.29, 0.717) is 13.2 Å². The zero-order chi connectivity index (χ0) is 16.8. The van der Waals surface area contributed by atoms with E-state index in [2.05, 4.69) is 47.9 Å². The maximum Gasteiger partial charge on any atom is 0.410 e. The van der Waals surface area contributed by atoms with E-state index in [-0.39, 0.29) is 12.1 Å². The lowest BCUT2D eigenvalue weighted by atomic mass is 10.0. The lowest BCUT2D eigenvalue weighted by molar-refractivity contribution is 0.103. The second kappa shape index (κ2) is 7.97. The Morgan fingerprint density at radius 2 is 2.12 bits per heavy atom. The third-order valence-electron chi connectivity index (χ3n) is 3.98. The Kier molecular flexibility index (Phi) is 5.49. The van der Waals surface area contributed by atoms with Gasteiger partial charge in [-0.15, -0.1) is 11.3 Å². The zero-order valence-electron chi connectivity index (χ0n) is 13.7. The van der Waals surface area contributed by atoms with E-state index >= 15 is 0 Å². The fraction of sp³-hybridized carbons (Fsp3) is 0.250. The van der Waals surface area contributed by atoms with Gasteiger partial charge in [0.15, 0.2) is 0 Å². The fourth-order valence-corrected chi connectivity index (χ4v) is 3.57. The Bertz CT molecular complexity index is 719. The molecule has 0 unspecified atom stereocenters. The minimum absolute atomic E-state index is 0.0879. The molecule has 0 fully saturated rings. The highest BCUT2D eigenvalue weighted by molar-refractivity contribution is 7.11. The third kappa shape index (κ3) is 3.95. The number of hydrogen-bond acceptors (Lipinski definition) is 3. The summed E-state index contributed by atoms with van der Waals surface area (Å²) in [5.74, 6) is 0. The Morgan fingerprint density at radius 1 is 1.29 bits per heavy atom. The van der Waals surface area contributed by atoms with Crippen LogP contribution in [0.1, 0.15) is 23.8 Å². The first-order valence-electron chi connectivity index (χ1n) is 8.19. The van der Waals surface area contributed by atoms with Gasteiger partial charge in [-0.2, -0.15) is 0 Å². The van der Waals surface area contributed by atoms with Crippen LogP contribution in [0.4, 0.5) is 4.79 Å². The summed E-state index contributed by atoms with van der Waals surface area (Å²) in [5, 5.41) is 2.09. The van der Waals surface area contributed by atoms with Gasteiger partial charge in [0.05, 0.1) is 12.6 Å². The standard InChI is InChI=1S/C20H21NO2S/c1-2-23-20(22)21-13-12-17(19-9-6-14-24-19)15-18(21)11-10-16-7-4-3-5-8-16/h3-11,14-15,18H,2,12-13H2,1H3/b11-10+/t18-/m1/s1. The first-order valence-corrected chi connectivity index (χ1v) is 9.07. The highest BCUT2D eigenvalue weighted by Crippen LogP contribution is 2.29. The van der Waals surface area contributed by atoms with Crippen LogP contribution >= 0.6 is 11.3 Å². The van der Waals surface area contributed by atoms with E-state index in [1.165, 1.54) is 10.5 Å². The van der Waals surface area contributed by atoms with Crippen LogP contribution in [0.2, 0.25) is 0 Å². The fourth-order valence-electron chi connectivity index (χ4n) is 2.79. The second-order valence-electron chi connectivity index (χ2n) is 5.57. The first kappa shape index (κ1) is 16.5. The van der Waals surface area contributed by atoms with Gasteiger partial charge in [0.2, 0.25) is 0 Å². The summed E-state index contributed by atoms with van der Waals surface area (Å²) in [7, 11) is 0. The smallest absolute Gasteiger partial charge is 0.410 e. The molecule has 24 heavy (non-hydrogen) atoms. The van der Waals surface area contributed by atoms with E-state index in [1.807, 2.05) is 25.1 Å². The van der Waals surface area contributed by atoms with Crippen LogP contribution < -0.4 is 0 Å². The maximum atomic E-state index is 12.3. The van der Waals surface area contributed by atoms with Gasteiger partial charge in [0, 0.05) is 11.4 Å².